The van der Waals surface area contributed by atoms with Crippen LogP contribution in [0.4, 0.5) is 0 Å². The Morgan fingerprint density at radius 2 is 1.28 bits per heavy atom. The molecule has 0 saturated carbocycles. The van der Waals surface area contributed by atoms with E-state index in [1.54, 1.807) is 0 Å². The average Bonchev–Trinajstić information content (AvgIpc) is 2.91. The minimum atomic E-state index is 0. The van der Waals surface area contributed by atoms with Crippen molar-refractivity contribution in [2.75, 3.05) is 0 Å². The number of hydrogen-bond donors (Lipinski definition) is 0. The largest absolute Gasteiger partial charge is 1.00 e. The summed E-state index contributed by atoms with van der Waals surface area (Å²) in [5.41, 5.74) is 7.25. The number of fused-ring (bicyclic) bond motifs is 1. The summed E-state index contributed by atoms with van der Waals surface area (Å²) in [6, 6.07) is 21.3. The van der Waals surface area contributed by atoms with Gasteiger partial charge in [-0.3, -0.25) is 0 Å². The standard InChI is InChI=1S/C24H23Cl2N2.ClH/c1-16-4-8-19(9-5-16)14-27-18(3)28(15-20-10-6-17(2)7-11-20)24-13-22(26)21(25)12-23(24)27;/h4-13H,14-15H2,1-3H3;1H/q+1;/p-1. The van der Waals surface area contributed by atoms with E-state index in [0.717, 1.165) is 24.1 Å². The highest BCUT2D eigenvalue weighted by Gasteiger charge is 2.23. The molecule has 0 aliphatic rings. The molecule has 0 aliphatic carbocycles. The fourth-order valence-corrected chi connectivity index (χ4v) is 3.92. The van der Waals surface area contributed by atoms with Gasteiger partial charge in [0, 0.05) is 19.1 Å². The second-order valence-corrected chi connectivity index (χ2v) is 8.26. The Kier molecular flexibility index (Phi) is 6.58. The van der Waals surface area contributed by atoms with E-state index in [1.807, 2.05) is 12.1 Å². The van der Waals surface area contributed by atoms with Gasteiger partial charge in [-0.05, 0) is 25.0 Å². The molecule has 0 aliphatic heterocycles. The van der Waals surface area contributed by atoms with Gasteiger partial charge in [0.25, 0.3) is 5.82 Å². The van der Waals surface area contributed by atoms with Crippen LogP contribution in [0.5, 0.6) is 0 Å². The SMILES string of the molecule is Cc1ccc(Cn2c(C)[n+](Cc3ccc(C)cc3)c3cc(Cl)c(Cl)cc32)cc1.[Cl-]. The van der Waals surface area contributed by atoms with E-state index in [4.69, 9.17) is 23.2 Å². The predicted octanol–water partition coefficient (Wildman–Crippen LogP) is 3.26. The number of nitrogens with zero attached hydrogens (tertiary/aromatic N) is 2. The lowest BCUT2D eigenvalue weighted by atomic mass is 10.1. The van der Waals surface area contributed by atoms with E-state index in [9.17, 15) is 0 Å². The zero-order chi connectivity index (χ0) is 19.8. The molecule has 0 atom stereocenters. The molecule has 0 unspecified atom stereocenters. The fourth-order valence-electron chi connectivity index (χ4n) is 3.60. The van der Waals surface area contributed by atoms with Crippen LogP contribution in [-0.4, -0.2) is 4.57 Å². The summed E-state index contributed by atoms with van der Waals surface area (Å²) in [6.07, 6.45) is 0. The smallest absolute Gasteiger partial charge is 0.254 e. The average molecular weight is 446 g/mol. The highest BCUT2D eigenvalue weighted by Crippen LogP contribution is 2.28. The van der Waals surface area contributed by atoms with Gasteiger partial charge in [0.05, 0.1) is 10.0 Å². The predicted molar refractivity (Wildman–Crippen MR) is 117 cm³/mol. The molecular weight excluding hydrogens is 423 g/mol. The van der Waals surface area contributed by atoms with Crippen LogP contribution in [0, 0.1) is 20.8 Å². The van der Waals surface area contributed by atoms with Gasteiger partial charge in [-0.25, -0.2) is 9.13 Å². The van der Waals surface area contributed by atoms with Crippen LogP contribution in [-0.2, 0) is 13.1 Å². The molecule has 150 valence electrons. The molecule has 4 rings (SSSR count). The second-order valence-electron chi connectivity index (χ2n) is 7.45. The number of rotatable bonds is 4. The minimum absolute atomic E-state index is 0. The van der Waals surface area contributed by atoms with E-state index in [0.29, 0.717) is 10.0 Å². The summed E-state index contributed by atoms with van der Waals surface area (Å²) in [4.78, 5) is 0. The highest BCUT2D eigenvalue weighted by molar-refractivity contribution is 6.42. The zero-order valence-electron chi connectivity index (χ0n) is 16.7. The van der Waals surface area contributed by atoms with Gasteiger partial charge in [-0.2, -0.15) is 0 Å². The van der Waals surface area contributed by atoms with E-state index >= 15 is 0 Å². The molecule has 1 aromatic heterocycles. The molecule has 5 heteroatoms. The first-order chi connectivity index (χ1) is 13.4. The Labute approximate surface area is 188 Å². The summed E-state index contributed by atoms with van der Waals surface area (Å²) in [6.45, 7) is 7.96. The quantitative estimate of drug-likeness (QED) is 0.426. The lowest BCUT2D eigenvalue weighted by Crippen LogP contribution is -3.00. The molecule has 2 nitrogen and oxygen atoms in total. The second kappa shape index (κ2) is 8.79. The summed E-state index contributed by atoms with van der Waals surface area (Å²) in [5, 5.41) is 1.17. The van der Waals surface area contributed by atoms with Gasteiger partial charge in [-0.1, -0.05) is 82.9 Å². The highest BCUT2D eigenvalue weighted by atomic mass is 35.5. The van der Waals surface area contributed by atoms with Crippen LogP contribution in [0.3, 0.4) is 0 Å². The molecule has 0 saturated heterocycles. The van der Waals surface area contributed by atoms with E-state index in [2.05, 4.69) is 78.4 Å². The van der Waals surface area contributed by atoms with Crippen LogP contribution < -0.4 is 17.0 Å². The first-order valence-electron chi connectivity index (χ1n) is 9.41. The third-order valence-electron chi connectivity index (χ3n) is 5.30. The van der Waals surface area contributed by atoms with Crippen LogP contribution in [0.15, 0.2) is 60.7 Å². The Morgan fingerprint density at radius 1 is 0.759 bits per heavy atom. The summed E-state index contributed by atoms with van der Waals surface area (Å²) < 4.78 is 4.63. The number of aromatic nitrogens is 2. The molecule has 0 radical (unpaired) electrons. The molecule has 4 aromatic rings. The molecule has 0 amide bonds. The van der Waals surface area contributed by atoms with Gasteiger partial charge in [0.2, 0.25) is 0 Å². The van der Waals surface area contributed by atoms with Crippen molar-refractivity contribution in [3.8, 4) is 0 Å². The monoisotopic (exact) mass is 444 g/mol. The van der Waals surface area contributed by atoms with Gasteiger partial charge >= 0.3 is 0 Å². The molecule has 1 heterocycles. The minimum Gasteiger partial charge on any atom is -1.00 e. The maximum Gasteiger partial charge on any atom is 0.254 e. The van der Waals surface area contributed by atoms with Crippen molar-refractivity contribution in [3.63, 3.8) is 0 Å². The third kappa shape index (κ3) is 4.45. The summed E-state index contributed by atoms with van der Waals surface area (Å²) >= 11 is 12.7. The van der Waals surface area contributed by atoms with Crippen molar-refractivity contribution in [1.29, 1.82) is 0 Å². The number of hydrogen-bond acceptors (Lipinski definition) is 0. The normalized spacial score (nSPS) is 10.9. The number of benzene rings is 3. The number of imidazole rings is 1. The van der Waals surface area contributed by atoms with E-state index in [-0.39, 0.29) is 12.4 Å². The van der Waals surface area contributed by atoms with Gasteiger partial charge < -0.3 is 12.4 Å². The maximum absolute atomic E-state index is 6.37. The van der Waals surface area contributed by atoms with Crippen LogP contribution in [0.2, 0.25) is 10.0 Å². The van der Waals surface area contributed by atoms with Crippen molar-refractivity contribution >= 4 is 34.2 Å². The summed E-state index contributed by atoms with van der Waals surface area (Å²) in [5.74, 6) is 1.18. The molecule has 3 aromatic carbocycles. The maximum atomic E-state index is 6.37. The molecular formula is C24H23Cl3N2. The van der Waals surface area contributed by atoms with Crippen LogP contribution in [0.1, 0.15) is 28.1 Å². The van der Waals surface area contributed by atoms with Crippen molar-refractivity contribution in [3.05, 3.63) is 98.8 Å². The first kappa shape index (κ1) is 21.7. The molecule has 0 fully saturated rings. The zero-order valence-corrected chi connectivity index (χ0v) is 19.0. The Morgan fingerprint density at radius 3 is 1.86 bits per heavy atom. The Bertz CT molecular complexity index is 1050. The molecule has 29 heavy (non-hydrogen) atoms. The van der Waals surface area contributed by atoms with Gasteiger partial charge in [-0.15, -0.1) is 0 Å². The fraction of sp³-hybridized carbons (Fsp3) is 0.208. The lowest BCUT2D eigenvalue weighted by molar-refractivity contribution is -0.669. The van der Waals surface area contributed by atoms with Crippen molar-refractivity contribution in [2.45, 2.75) is 33.9 Å². The van der Waals surface area contributed by atoms with E-state index in [1.165, 1.54) is 28.1 Å². The van der Waals surface area contributed by atoms with Gasteiger partial charge in [0.15, 0.2) is 11.0 Å². The molecule has 0 N–H and O–H groups in total. The first-order valence-corrected chi connectivity index (χ1v) is 10.2. The van der Waals surface area contributed by atoms with Crippen molar-refractivity contribution in [1.82, 2.24) is 4.57 Å². The number of halogens is 3. The number of aryl methyl sites for hydroxylation is 2. The Hall–Kier alpha value is -2.00. The molecule has 0 bridgehead atoms. The molecule has 0 spiro atoms. The van der Waals surface area contributed by atoms with Crippen molar-refractivity contribution < 1.29 is 17.0 Å². The topological polar surface area (TPSA) is 8.81 Å². The van der Waals surface area contributed by atoms with Crippen molar-refractivity contribution in [2.24, 2.45) is 0 Å². The van der Waals surface area contributed by atoms with E-state index < -0.39 is 0 Å². The van der Waals surface area contributed by atoms with Crippen LogP contribution >= 0.6 is 23.2 Å². The summed E-state index contributed by atoms with van der Waals surface area (Å²) in [7, 11) is 0. The Balaban J connectivity index is 0.00000240. The third-order valence-corrected chi connectivity index (χ3v) is 6.03. The van der Waals surface area contributed by atoms with Gasteiger partial charge in [0.1, 0.15) is 13.1 Å². The lowest BCUT2D eigenvalue weighted by Gasteiger charge is -2.04. The van der Waals surface area contributed by atoms with Crippen LogP contribution in [0.25, 0.3) is 11.0 Å².